The van der Waals surface area contributed by atoms with Gasteiger partial charge in [0.05, 0.1) is 17.6 Å². The van der Waals surface area contributed by atoms with E-state index >= 15 is 0 Å². The van der Waals surface area contributed by atoms with Crippen molar-refractivity contribution in [2.75, 3.05) is 49.2 Å². The number of piperazine rings is 1. The van der Waals surface area contributed by atoms with Crippen LogP contribution < -0.4 is 21.3 Å². The number of hydrogen-bond acceptors (Lipinski definition) is 7. The van der Waals surface area contributed by atoms with Gasteiger partial charge in [-0.25, -0.2) is 9.50 Å². The van der Waals surface area contributed by atoms with Crippen LogP contribution in [-0.4, -0.2) is 54.1 Å². The first-order valence-corrected chi connectivity index (χ1v) is 10.6. The number of carbonyl (C=O) groups excluding carboxylic acids is 1. The Morgan fingerprint density at radius 2 is 1.91 bits per heavy atom. The maximum Gasteiger partial charge on any atom is 0.168 e. The fourth-order valence-corrected chi connectivity index (χ4v) is 3.72. The smallest absolute Gasteiger partial charge is 0.168 e. The average molecular weight is 430 g/mol. The Kier molecular flexibility index (Phi) is 6.62. The molecule has 0 saturated carbocycles. The molecule has 0 radical (unpaired) electrons. The van der Waals surface area contributed by atoms with E-state index in [4.69, 9.17) is 5.73 Å². The van der Waals surface area contributed by atoms with E-state index in [1.807, 2.05) is 31.3 Å². The van der Waals surface area contributed by atoms with Crippen molar-refractivity contribution in [1.29, 1.82) is 0 Å². The van der Waals surface area contributed by atoms with Gasteiger partial charge in [0.2, 0.25) is 0 Å². The van der Waals surface area contributed by atoms with Crippen molar-refractivity contribution in [2.24, 2.45) is 0 Å². The molecular weight excluding hydrogens is 402 g/mol. The Balaban J connectivity index is 0.000000158. The third-order valence-corrected chi connectivity index (χ3v) is 5.34. The minimum absolute atomic E-state index is 0.383. The number of rotatable bonds is 4. The molecule has 0 bridgehead atoms. The predicted octanol–water partition coefficient (Wildman–Crippen LogP) is 2.93. The van der Waals surface area contributed by atoms with E-state index < -0.39 is 0 Å². The second-order valence-corrected chi connectivity index (χ2v) is 7.43. The molecule has 8 nitrogen and oxygen atoms in total. The molecule has 1 saturated heterocycles. The standard InChI is InChI=1S/C13H10N4O.C11H17N3/c14-10-3-1-2-9(6-10)12-7-15-17-5-4-11(8-18)16-13(12)17;1-12-10-4-2-3-5-11(10)14-8-6-13-7-9-14/h1-8H,14H2;2-5,12-13H,6-9H2,1H3. The van der Waals surface area contributed by atoms with Gasteiger partial charge in [-0.1, -0.05) is 24.3 Å². The Morgan fingerprint density at radius 1 is 1.09 bits per heavy atom. The number of para-hydroxylation sites is 2. The summed E-state index contributed by atoms with van der Waals surface area (Å²) in [6, 6.07) is 17.6. The number of benzene rings is 2. The zero-order valence-corrected chi connectivity index (χ0v) is 18.0. The maximum absolute atomic E-state index is 10.8. The summed E-state index contributed by atoms with van der Waals surface area (Å²) in [4.78, 5) is 17.4. The quantitative estimate of drug-likeness (QED) is 0.339. The van der Waals surface area contributed by atoms with Crippen LogP contribution in [0, 0.1) is 0 Å². The van der Waals surface area contributed by atoms with E-state index in [-0.39, 0.29) is 0 Å². The molecule has 0 atom stereocenters. The second kappa shape index (κ2) is 9.93. The van der Waals surface area contributed by atoms with Crippen LogP contribution in [0.5, 0.6) is 0 Å². The monoisotopic (exact) mass is 429 g/mol. The van der Waals surface area contributed by atoms with E-state index in [0.29, 0.717) is 17.0 Å². The fraction of sp³-hybridized carbons (Fsp3) is 0.208. The summed E-state index contributed by atoms with van der Waals surface area (Å²) in [6.07, 6.45) is 4.14. The number of nitrogens with zero attached hydrogens (tertiary/aromatic N) is 4. The van der Waals surface area contributed by atoms with Gasteiger partial charge in [-0.15, -0.1) is 0 Å². The minimum Gasteiger partial charge on any atom is -0.399 e. The number of aromatic nitrogens is 3. The lowest BCUT2D eigenvalue weighted by atomic mass is 10.1. The van der Waals surface area contributed by atoms with E-state index in [2.05, 4.69) is 49.9 Å². The summed E-state index contributed by atoms with van der Waals surface area (Å²) in [5.74, 6) is 0. The van der Waals surface area contributed by atoms with E-state index in [1.165, 1.54) is 11.4 Å². The molecule has 1 aliphatic heterocycles. The van der Waals surface area contributed by atoms with Gasteiger partial charge in [-0.3, -0.25) is 4.79 Å². The fourth-order valence-electron chi connectivity index (χ4n) is 3.72. The first-order valence-electron chi connectivity index (χ1n) is 10.6. The highest BCUT2D eigenvalue weighted by Crippen LogP contribution is 2.25. The average Bonchev–Trinajstić information content (AvgIpc) is 3.28. The molecule has 0 spiro atoms. The van der Waals surface area contributed by atoms with Gasteiger partial charge in [0, 0.05) is 50.7 Å². The van der Waals surface area contributed by atoms with Crippen LogP contribution in [0.4, 0.5) is 17.1 Å². The van der Waals surface area contributed by atoms with Crippen molar-refractivity contribution in [3.63, 3.8) is 0 Å². The van der Waals surface area contributed by atoms with E-state index in [9.17, 15) is 4.79 Å². The molecule has 4 aromatic rings. The number of nitrogens with one attached hydrogen (secondary N) is 2. The highest BCUT2D eigenvalue weighted by Gasteiger charge is 2.12. The summed E-state index contributed by atoms with van der Waals surface area (Å²) < 4.78 is 1.63. The summed E-state index contributed by atoms with van der Waals surface area (Å²) in [5.41, 5.74) is 11.8. The molecule has 164 valence electrons. The molecule has 1 aliphatic rings. The molecule has 0 amide bonds. The number of nitrogens with two attached hydrogens (primary N) is 1. The van der Waals surface area contributed by atoms with Crippen molar-refractivity contribution in [3.05, 3.63) is 72.7 Å². The molecular formula is C24H27N7O. The Hall–Kier alpha value is -3.91. The van der Waals surface area contributed by atoms with Gasteiger partial charge in [0.25, 0.3) is 0 Å². The van der Waals surface area contributed by atoms with Crippen molar-refractivity contribution in [2.45, 2.75) is 0 Å². The van der Waals surface area contributed by atoms with Crippen LogP contribution in [-0.2, 0) is 0 Å². The summed E-state index contributed by atoms with van der Waals surface area (Å²) in [7, 11) is 1.97. The van der Waals surface area contributed by atoms with Gasteiger partial charge in [-0.2, -0.15) is 5.10 Å². The van der Waals surface area contributed by atoms with E-state index in [0.717, 1.165) is 43.6 Å². The zero-order chi connectivity index (χ0) is 22.3. The number of carbonyl (C=O) groups is 1. The lowest BCUT2D eigenvalue weighted by Crippen LogP contribution is -2.43. The first kappa shape index (κ1) is 21.3. The lowest BCUT2D eigenvalue weighted by Gasteiger charge is -2.30. The van der Waals surface area contributed by atoms with Gasteiger partial charge < -0.3 is 21.3 Å². The highest BCUT2D eigenvalue weighted by molar-refractivity contribution is 5.81. The largest absolute Gasteiger partial charge is 0.399 e. The number of hydrogen-bond donors (Lipinski definition) is 3. The maximum atomic E-state index is 10.8. The summed E-state index contributed by atoms with van der Waals surface area (Å²) >= 11 is 0. The van der Waals surface area contributed by atoms with Crippen LogP contribution in [0.1, 0.15) is 10.5 Å². The van der Waals surface area contributed by atoms with Crippen molar-refractivity contribution in [1.82, 2.24) is 19.9 Å². The third kappa shape index (κ3) is 4.70. The molecule has 32 heavy (non-hydrogen) atoms. The Bertz CT molecular complexity index is 1200. The normalized spacial score (nSPS) is 13.3. The van der Waals surface area contributed by atoms with Crippen molar-refractivity contribution in [3.8, 4) is 11.1 Å². The highest BCUT2D eigenvalue weighted by atomic mass is 16.1. The molecule has 0 unspecified atom stereocenters. The zero-order valence-electron chi connectivity index (χ0n) is 18.0. The van der Waals surface area contributed by atoms with E-state index in [1.54, 1.807) is 23.0 Å². The number of anilines is 3. The molecule has 3 heterocycles. The van der Waals surface area contributed by atoms with Crippen LogP contribution in [0.2, 0.25) is 0 Å². The number of nitrogen functional groups attached to an aromatic ring is 1. The third-order valence-electron chi connectivity index (χ3n) is 5.34. The SMILES string of the molecule is CNc1ccccc1N1CCNCC1.Nc1cccc(-c2cnn3ccc(C=O)nc23)c1. The molecule has 5 rings (SSSR count). The molecule has 4 N–H and O–H groups in total. The summed E-state index contributed by atoms with van der Waals surface area (Å²) in [5, 5.41) is 10.8. The molecule has 2 aromatic heterocycles. The van der Waals surface area contributed by atoms with Gasteiger partial charge >= 0.3 is 0 Å². The predicted molar refractivity (Wildman–Crippen MR) is 129 cm³/mol. The lowest BCUT2D eigenvalue weighted by molar-refractivity contribution is 0.111. The van der Waals surface area contributed by atoms with Gasteiger partial charge in [0.15, 0.2) is 11.9 Å². The molecule has 2 aromatic carbocycles. The van der Waals surface area contributed by atoms with Crippen LogP contribution in [0.3, 0.4) is 0 Å². The topological polar surface area (TPSA) is 101 Å². The second-order valence-electron chi connectivity index (χ2n) is 7.43. The Labute approximate surface area is 187 Å². The Morgan fingerprint density at radius 3 is 2.66 bits per heavy atom. The van der Waals surface area contributed by atoms with Crippen molar-refractivity contribution >= 4 is 29.0 Å². The molecule has 8 heteroatoms. The number of aldehydes is 1. The van der Waals surface area contributed by atoms with Crippen molar-refractivity contribution < 1.29 is 4.79 Å². The number of fused-ring (bicyclic) bond motifs is 1. The summed E-state index contributed by atoms with van der Waals surface area (Å²) in [6.45, 7) is 4.35. The first-order chi connectivity index (χ1) is 15.7. The van der Waals surface area contributed by atoms with Crippen LogP contribution in [0.15, 0.2) is 67.0 Å². The molecule has 0 aliphatic carbocycles. The van der Waals surface area contributed by atoms with Crippen LogP contribution >= 0.6 is 0 Å². The van der Waals surface area contributed by atoms with Gasteiger partial charge in [-0.05, 0) is 35.9 Å². The van der Waals surface area contributed by atoms with Crippen LogP contribution in [0.25, 0.3) is 16.8 Å². The minimum atomic E-state index is 0.383. The molecule has 1 fully saturated rings. The van der Waals surface area contributed by atoms with Gasteiger partial charge in [0.1, 0.15) is 5.69 Å².